The molecule has 1 aliphatic heterocycles. The Bertz CT molecular complexity index is 1430. The van der Waals surface area contributed by atoms with E-state index in [9.17, 15) is 0 Å². The van der Waals surface area contributed by atoms with Gasteiger partial charge in [-0.1, -0.05) is 42.5 Å². The minimum atomic E-state index is 0.0787. The van der Waals surface area contributed by atoms with Gasteiger partial charge in [0.2, 0.25) is 5.88 Å². The van der Waals surface area contributed by atoms with Crippen molar-refractivity contribution in [2.45, 2.75) is 44.5 Å². The van der Waals surface area contributed by atoms with Gasteiger partial charge in [0.15, 0.2) is 0 Å². The lowest BCUT2D eigenvalue weighted by molar-refractivity contribution is 0.0106. The highest BCUT2D eigenvalue weighted by atomic mass is 16.5. The number of nitrogens with zero attached hydrogens (tertiary/aromatic N) is 1. The minimum Gasteiger partial charge on any atom is -0.496 e. The normalized spacial score (nSPS) is 16.6. The van der Waals surface area contributed by atoms with Gasteiger partial charge in [-0.25, -0.2) is 4.98 Å². The second kappa shape index (κ2) is 17.0. The Morgan fingerprint density at radius 1 is 0.818 bits per heavy atom. The molecule has 0 spiro atoms. The number of para-hydroxylation sites is 1. The number of pyridine rings is 1. The van der Waals surface area contributed by atoms with Crippen molar-refractivity contribution in [1.29, 1.82) is 0 Å². The number of rotatable bonds is 17. The molecule has 8 heteroatoms. The van der Waals surface area contributed by atoms with Crippen LogP contribution in [0.4, 0.5) is 0 Å². The highest BCUT2D eigenvalue weighted by Crippen LogP contribution is 2.30. The van der Waals surface area contributed by atoms with Gasteiger partial charge in [0.25, 0.3) is 0 Å². The van der Waals surface area contributed by atoms with E-state index in [-0.39, 0.29) is 6.10 Å². The summed E-state index contributed by atoms with van der Waals surface area (Å²) in [6.45, 7) is 5.34. The van der Waals surface area contributed by atoms with Gasteiger partial charge < -0.3 is 33.7 Å². The Kier molecular flexibility index (Phi) is 12.2. The first-order chi connectivity index (χ1) is 21.7. The van der Waals surface area contributed by atoms with Crippen LogP contribution in [-0.2, 0) is 27.4 Å². The van der Waals surface area contributed by atoms with Crippen LogP contribution in [0.1, 0.15) is 41.9 Å². The quantitative estimate of drug-likeness (QED) is 0.141. The zero-order chi connectivity index (χ0) is 30.4. The monoisotopic (exact) mass is 600 g/mol. The zero-order valence-corrected chi connectivity index (χ0v) is 25.8. The van der Waals surface area contributed by atoms with Crippen molar-refractivity contribution in [1.82, 2.24) is 10.3 Å². The van der Waals surface area contributed by atoms with E-state index in [1.165, 1.54) is 5.56 Å². The molecule has 3 aromatic carbocycles. The molecule has 1 fully saturated rings. The Balaban J connectivity index is 1.08. The highest BCUT2D eigenvalue weighted by molar-refractivity contribution is 5.79. The number of methoxy groups -OCH3 is 2. The van der Waals surface area contributed by atoms with E-state index >= 15 is 0 Å². The van der Waals surface area contributed by atoms with E-state index in [2.05, 4.69) is 47.8 Å². The van der Waals surface area contributed by atoms with Crippen LogP contribution in [0, 0.1) is 0 Å². The summed E-state index contributed by atoms with van der Waals surface area (Å²) in [6.07, 6.45) is 2.75. The topological polar surface area (TPSA) is 80.3 Å². The smallest absolute Gasteiger partial charge is 0.213 e. The molecule has 8 nitrogen and oxygen atoms in total. The van der Waals surface area contributed by atoms with Gasteiger partial charge in [0.05, 0.1) is 51.8 Å². The van der Waals surface area contributed by atoms with E-state index < -0.39 is 0 Å². The molecule has 1 aromatic heterocycles. The first-order valence-electron chi connectivity index (χ1n) is 15.5. The van der Waals surface area contributed by atoms with Gasteiger partial charge in [-0.3, -0.25) is 0 Å². The molecule has 44 heavy (non-hydrogen) atoms. The third kappa shape index (κ3) is 9.16. The largest absolute Gasteiger partial charge is 0.496 e. The average Bonchev–Trinajstić information content (AvgIpc) is 3.07. The first-order valence-corrected chi connectivity index (χ1v) is 15.5. The summed E-state index contributed by atoms with van der Waals surface area (Å²) >= 11 is 0. The summed E-state index contributed by atoms with van der Waals surface area (Å²) < 4.78 is 34.6. The Morgan fingerprint density at radius 3 is 2.50 bits per heavy atom. The lowest BCUT2D eigenvalue weighted by Crippen LogP contribution is -2.40. The fourth-order valence-electron chi connectivity index (χ4n) is 5.45. The van der Waals surface area contributed by atoms with Crippen molar-refractivity contribution in [3.8, 4) is 17.4 Å². The molecule has 0 bridgehead atoms. The van der Waals surface area contributed by atoms with Crippen molar-refractivity contribution in [2.24, 2.45) is 0 Å². The standard InChI is InChI=1S/C36H44N2O6/c1-39-19-5-22-43-36-16-13-29-10-9-27(23-33(29)38-36)25-44-35-24-37-18-17-32(35)28-11-14-31(15-12-28)42-21-6-20-41-26-30-7-3-4-8-34(30)40-2/h3-4,7-16,23,32,35,37H,5-6,17-22,24-26H2,1-2H3/t32-,35+/m1/s1. The summed E-state index contributed by atoms with van der Waals surface area (Å²) in [6, 6.07) is 26.7. The molecule has 2 atom stereocenters. The molecule has 234 valence electrons. The van der Waals surface area contributed by atoms with Gasteiger partial charge >= 0.3 is 0 Å². The van der Waals surface area contributed by atoms with Crippen LogP contribution in [0.2, 0.25) is 0 Å². The Morgan fingerprint density at radius 2 is 1.64 bits per heavy atom. The predicted molar refractivity (Wildman–Crippen MR) is 172 cm³/mol. The van der Waals surface area contributed by atoms with Crippen LogP contribution >= 0.6 is 0 Å². The maximum absolute atomic E-state index is 6.50. The average molecular weight is 601 g/mol. The predicted octanol–water partition coefficient (Wildman–Crippen LogP) is 6.31. The molecule has 5 rings (SSSR count). The number of benzene rings is 3. The third-order valence-electron chi connectivity index (χ3n) is 7.82. The Hall–Kier alpha value is -3.69. The molecular weight excluding hydrogens is 556 g/mol. The van der Waals surface area contributed by atoms with E-state index in [1.807, 2.05) is 36.4 Å². The van der Waals surface area contributed by atoms with Crippen molar-refractivity contribution in [3.05, 3.63) is 95.6 Å². The highest BCUT2D eigenvalue weighted by Gasteiger charge is 2.27. The first kappa shape index (κ1) is 31.7. The molecule has 0 saturated carbocycles. The molecule has 1 N–H and O–H groups in total. The molecule has 0 radical (unpaired) electrons. The van der Waals surface area contributed by atoms with Crippen molar-refractivity contribution in [3.63, 3.8) is 0 Å². The summed E-state index contributed by atoms with van der Waals surface area (Å²) in [4.78, 5) is 4.70. The van der Waals surface area contributed by atoms with Gasteiger partial charge in [-0.15, -0.1) is 0 Å². The van der Waals surface area contributed by atoms with Crippen LogP contribution in [-0.4, -0.2) is 64.8 Å². The molecule has 1 aliphatic rings. The van der Waals surface area contributed by atoms with Crippen molar-refractivity contribution in [2.75, 3.05) is 53.7 Å². The number of hydrogen-bond donors (Lipinski definition) is 1. The summed E-state index contributed by atoms with van der Waals surface area (Å²) in [5.74, 6) is 2.67. The van der Waals surface area contributed by atoms with Crippen LogP contribution < -0.4 is 19.5 Å². The maximum Gasteiger partial charge on any atom is 0.213 e. The van der Waals surface area contributed by atoms with E-state index in [0.29, 0.717) is 51.4 Å². The van der Waals surface area contributed by atoms with Crippen LogP contribution in [0.5, 0.6) is 17.4 Å². The number of fused-ring (bicyclic) bond motifs is 1. The molecule has 0 aliphatic carbocycles. The second-order valence-electron chi connectivity index (χ2n) is 11.0. The van der Waals surface area contributed by atoms with E-state index in [0.717, 1.165) is 65.9 Å². The van der Waals surface area contributed by atoms with E-state index in [1.54, 1.807) is 14.2 Å². The number of hydrogen-bond acceptors (Lipinski definition) is 8. The lowest BCUT2D eigenvalue weighted by atomic mass is 9.87. The second-order valence-corrected chi connectivity index (χ2v) is 11.0. The van der Waals surface area contributed by atoms with Gasteiger partial charge in [-0.2, -0.15) is 0 Å². The number of aromatic nitrogens is 1. The maximum atomic E-state index is 6.50. The molecule has 0 amide bonds. The van der Waals surface area contributed by atoms with Gasteiger partial charge in [0.1, 0.15) is 11.5 Å². The summed E-state index contributed by atoms with van der Waals surface area (Å²) in [5.41, 5.74) is 4.34. The lowest BCUT2D eigenvalue weighted by Gasteiger charge is -2.32. The summed E-state index contributed by atoms with van der Waals surface area (Å²) in [7, 11) is 3.37. The fourth-order valence-corrected chi connectivity index (χ4v) is 5.45. The molecular formula is C36H44N2O6. The van der Waals surface area contributed by atoms with Gasteiger partial charge in [-0.05, 0) is 54.4 Å². The van der Waals surface area contributed by atoms with E-state index in [4.69, 9.17) is 33.4 Å². The SMILES string of the molecule is COCCCOc1ccc2ccc(CO[C@H]3CNCC[C@@H]3c3ccc(OCCCOCc4ccccc4OC)cc3)cc2n1. The number of ether oxygens (including phenoxy) is 6. The molecule has 2 heterocycles. The number of nitrogens with one attached hydrogen (secondary N) is 1. The summed E-state index contributed by atoms with van der Waals surface area (Å²) in [5, 5.41) is 4.58. The van der Waals surface area contributed by atoms with Gasteiger partial charge in [0, 0.05) is 56.0 Å². The molecule has 1 saturated heterocycles. The zero-order valence-electron chi connectivity index (χ0n) is 25.8. The Labute approximate surface area is 260 Å². The molecule has 4 aromatic rings. The fraction of sp³-hybridized carbons (Fsp3) is 0.417. The van der Waals surface area contributed by atoms with Crippen LogP contribution in [0.3, 0.4) is 0 Å². The molecule has 0 unspecified atom stereocenters. The number of piperidine rings is 1. The van der Waals surface area contributed by atoms with Crippen molar-refractivity contribution >= 4 is 10.9 Å². The van der Waals surface area contributed by atoms with Crippen molar-refractivity contribution < 1.29 is 28.4 Å². The van der Waals surface area contributed by atoms with Crippen LogP contribution in [0.25, 0.3) is 10.9 Å². The third-order valence-corrected chi connectivity index (χ3v) is 7.82. The van der Waals surface area contributed by atoms with Crippen LogP contribution in [0.15, 0.2) is 78.9 Å². The minimum absolute atomic E-state index is 0.0787.